The SMILES string of the molecule is Cc1cccc([C@H](NC(=O)c2ccn(C(C)C)n2)C2CC2)n1. The van der Waals surface area contributed by atoms with Crippen molar-refractivity contribution >= 4 is 5.91 Å². The van der Waals surface area contributed by atoms with E-state index in [0.29, 0.717) is 11.6 Å². The third kappa shape index (κ3) is 3.18. The molecule has 22 heavy (non-hydrogen) atoms. The molecule has 0 saturated heterocycles. The highest BCUT2D eigenvalue weighted by Crippen LogP contribution is 2.40. The molecule has 5 nitrogen and oxygen atoms in total. The van der Waals surface area contributed by atoms with Gasteiger partial charge in [0.1, 0.15) is 5.69 Å². The van der Waals surface area contributed by atoms with E-state index in [-0.39, 0.29) is 18.0 Å². The summed E-state index contributed by atoms with van der Waals surface area (Å²) < 4.78 is 1.80. The first-order valence-corrected chi connectivity index (χ1v) is 7.84. The second-order valence-corrected chi connectivity index (χ2v) is 6.27. The van der Waals surface area contributed by atoms with E-state index in [4.69, 9.17) is 0 Å². The first kappa shape index (κ1) is 14.8. The lowest BCUT2D eigenvalue weighted by Crippen LogP contribution is -2.31. The molecule has 116 valence electrons. The summed E-state index contributed by atoms with van der Waals surface area (Å²) >= 11 is 0. The summed E-state index contributed by atoms with van der Waals surface area (Å²) in [7, 11) is 0. The van der Waals surface area contributed by atoms with Gasteiger partial charge in [-0.1, -0.05) is 6.07 Å². The monoisotopic (exact) mass is 298 g/mol. The molecule has 0 spiro atoms. The zero-order valence-corrected chi connectivity index (χ0v) is 13.3. The Morgan fingerprint density at radius 2 is 2.09 bits per heavy atom. The van der Waals surface area contributed by atoms with E-state index in [1.165, 1.54) is 0 Å². The lowest BCUT2D eigenvalue weighted by molar-refractivity contribution is 0.0924. The van der Waals surface area contributed by atoms with Gasteiger partial charge >= 0.3 is 0 Å². The van der Waals surface area contributed by atoms with Gasteiger partial charge in [-0.3, -0.25) is 14.5 Å². The fourth-order valence-corrected chi connectivity index (χ4v) is 2.56. The fourth-order valence-electron chi connectivity index (χ4n) is 2.56. The molecule has 2 heterocycles. The van der Waals surface area contributed by atoms with Crippen molar-refractivity contribution in [2.45, 2.75) is 45.7 Å². The molecular weight excluding hydrogens is 276 g/mol. The largest absolute Gasteiger partial charge is 0.342 e. The van der Waals surface area contributed by atoms with Gasteiger partial charge in [-0.05, 0) is 57.7 Å². The van der Waals surface area contributed by atoms with E-state index in [0.717, 1.165) is 24.2 Å². The van der Waals surface area contributed by atoms with Crippen LogP contribution in [0.15, 0.2) is 30.5 Å². The molecule has 1 aliphatic carbocycles. The van der Waals surface area contributed by atoms with Crippen molar-refractivity contribution in [2.24, 2.45) is 5.92 Å². The molecule has 2 aromatic rings. The van der Waals surface area contributed by atoms with Gasteiger partial charge in [0.2, 0.25) is 0 Å². The molecule has 0 aliphatic heterocycles. The van der Waals surface area contributed by atoms with Crippen LogP contribution in [0.5, 0.6) is 0 Å². The van der Waals surface area contributed by atoms with Crippen molar-refractivity contribution in [2.75, 3.05) is 0 Å². The van der Waals surface area contributed by atoms with Crippen LogP contribution >= 0.6 is 0 Å². The molecule has 1 N–H and O–H groups in total. The van der Waals surface area contributed by atoms with E-state index in [1.54, 1.807) is 10.7 Å². The molecule has 1 saturated carbocycles. The van der Waals surface area contributed by atoms with Crippen LogP contribution in [-0.2, 0) is 0 Å². The Morgan fingerprint density at radius 3 is 2.68 bits per heavy atom. The van der Waals surface area contributed by atoms with Crippen molar-refractivity contribution in [1.29, 1.82) is 0 Å². The lowest BCUT2D eigenvalue weighted by atomic mass is 10.1. The minimum atomic E-state index is -0.125. The standard InChI is InChI=1S/C17H22N4O/c1-11(2)21-10-9-15(20-21)17(22)19-16(13-7-8-13)14-6-4-5-12(3)18-14/h4-6,9-11,13,16H,7-8H2,1-3H3,(H,19,22)/t16-/m1/s1. The Hall–Kier alpha value is -2.17. The van der Waals surface area contributed by atoms with Crippen LogP contribution in [0.2, 0.25) is 0 Å². The molecule has 0 unspecified atom stereocenters. The van der Waals surface area contributed by atoms with Crippen LogP contribution in [0.3, 0.4) is 0 Å². The number of pyridine rings is 1. The number of rotatable bonds is 5. The minimum absolute atomic E-state index is 0.0170. The molecule has 1 amide bonds. The van der Waals surface area contributed by atoms with Gasteiger partial charge in [-0.25, -0.2) is 0 Å². The molecule has 2 aromatic heterocycles. The Labute approximate surface area is 130 Å². The van der Waals surface area contributed by atoms with E-state index in [2.05, 4.69) is 15.4 Å². The average Bonchev–Trinajstić information content (AvgIpc) is 3.19. The van der Waals surface area contributed by atoms with E-state index >= 15 is 0 Å². The zero-order valence-electron chi connectivity index (χ0n) is 13.3. The highest BCUT2D eigenvalue weighted by Gasteiger charge is 2.34. The average molecular weight is 298 g/mol. The zero-order chi connectivity index (χ0) is 15.7. The number of hydrogen-bond acceptors (Lipinski definition) is 3. The number of carbonyl (C=O) groups excluding carboxylic acids is 1. The summed E-state index contributed by atoms with van der Waals surface area (Å²) in [5, 5.41) is 7.45. The molecule has 5 heteroatoms. The number of hydrogen-bond donors (Lipinski definition) is 1. The number of carbonyl (C=O) groups is 1. The third-order valence-electron chi connectivity index (χ3n) is 3.98. The highest BCUT2D eigenvalue weighted by atomic mass is 16.2. The quantitative estimate of drug-likeness (QED) is 0.923. The van der Waals surface area contributed by atoms with Crippen LogP contribution < -0.4 is 5.32 Å². The van der Waals surface area contributed by atoms with E-state index in [9.17, 15) is 4.79 Å². The van der Waals surface area contributed by atoms with Crippen LogP contribution in [-0.4, -0.2) is 20.7 Å². The predicted molar refractivity (Wildman–Crippen MR) is 84.5 cm³/mol. The van der Waals surface area contributed by atoms with Crippen LogP contribution in [0.1, 0.15) is 60.6 Å². The van der Waals surface area contributed by atoms with Crippen LogP contribution in [0, 0.1) is 12.8 Å². The number of nitrogens with zero attached hydrogens (tertiary/aromatic N) is 3. The van der Waals surface area contributed by atoms with Gasteiger partial charge in [-0.2, -0.15) is 5.10 Å². The molecule has 1 fully saturated rings. The summed E-state index contributed by atoms with van der Waals surface area (Å²) in [6.07, 6.45) is 4.12. The van der Waals surface area contributed by atoms with Gasteiger partial charge in [0.15, 0.2) is 0 Å². The third-order valence-corrected chi connectivity index (χ3v) is 3.98. The smallest absolute Gasteiger partial charge is 0.272 e. The topological polar surface area (TPSA) is 59.8 Å². The maximum absolute atomic E-state index is 12.5. The van der Waals surface area contributed by atoms with Crippen molar-refractivity contribution in [3.63, 3.8) is 0 Å². The summed E-state index contributed by atoms with van der Waals surface area (Å²) in [6.45, 7) is 6.05. The Bertz CT molecular complexity index is 673. The Kier molecular flexibility index (Phi) is 3.96. The van der Waals surface area contributed by atoms with Crippen molar-refractivity contribution < 1.29 is 4.79 Å². The summed E-state index contributed by atoms with van der Waals surface area (Å²) in [5.41, 5.74) is 2.38. The Morgan fingerprint density at radius 1 is 1.32 bits per heavy atom. The number of aromatic nitrogens is 3. The number of nitrogens with one attached hydrogen (secondary N) is 1. The van der Waals surface area contributed by atoms with Crippen LogP contribution in [0.4, 0.5) is 0 Å². The number of amides is 1. The van der Waals surface area contributed by atoms with Gasteiger partial charge in [-0.15, -0.1) is 0 Å². The van der Waals surface area contributed by atoms with Crippen LogP contribution in [0.25, 0.3) is 0 Å². The molecule has 1 aliphatic rings. The second kappa shape index (κ2) is 5.91. The predicted octanol–water partition coefficient (Wildman–Crippen LogP) is 3.05. The van der Waals surface area contributed by atoms with E-state index < -0.39 is 0 Å². The van der Waals surface area contributed by atoms with Gasteiger partial charge in [0.05, 0.1) is 11.7 Å². The van der Waals surface area contributed by atoms with Gasteiger partial charge < -0.3 is 5.32 Å². The molecule has 0 radical (unpaired) electrons. The first-order valence-electron chi connectivity index (χ1n) is 7.84. The van der Waals surface area contributed by atoms with E-state index in [1.807, 2.05) is 45.2 Å². The summed E-state index contributed by atoms with van der Waals surface area (Å²) in [4.78, 5) is 17.0. The summed E-state index contributed by atoms with van der Waals surface area (Å²) in [5.74, 6) is 0.366. The molecular formula is C17H22N4O. The fraction of sp³-hybridized carbons (Fsp3) is 0.471. The van der Waals surface area contributed by atoms with Gasteiger partial charge in [0, 0.05) is 17.9 Å². The van der Waals surface area contributed by atoms with Crippen molar-refractivity contribution in [3.05, 3.63) is 47.5 Å². The summed E-state index contributed by atoms with van der Waals surface area (Å²) in [6, 6.07) is 7.95. The molecule has 1 atom stereocenters. The number of aryl methyl sites for hydroxylation is 1. The maximum Gasteiger partial charge on any atom is 0.272 e. The highest BCUT2D eigenvalue weighted by molar-refractivity contribution is 5.92. The second-order valence-electron chi connectivity index (χ2n) is 6.27. The van der Waals surface area contributed by atoms with Gasteiger partial charge in [0.25, 0.3) is 5.91 Å². The lowest BCUT2D eigenvalue weighted by Gasteiger charge is -2.17. The maximum atomic E-state index is 12.5. The normalized spacial score (nSPS) is 15.8. The molecule has 0 aromatic carbocycles. The first-order chi connectivity index (χ1) is 10.5. The minimum Gasteiger partial charge on any atom is -0.342 e. The van der Waals surface area contributed by atoms with Crippen molar-refractivity contribution in [3.8, 4) is 0 Å². The molecule has 3 rings (SSSR count). The Balaban J connectivity index is 1.77. The van der Waals surface area contributed by atoms with Crippen molar-refractivity contribution in [1.82, 2.24) is 20.1 Å². The molecule has 0 bridgehead atoms.